The lowest BCUT2D eigenvalue weighted by atomic mass is 9.83. The van der Waals surface area contributed by atoms with Crippen molar-refractivity contribution in [2.45, 2.75) is 25.7 Å². The van der Waals surface area contributed by atoms with Crippen molar-refractivity contribution in [3.63, 3.8) is 0 Å². The van der Waals surface area contributed by atoms with Crippen molar-refractivity contribution in [3.8, 4) is 0 Å². The Bertz CT molecular complexity index is 686. The largest absolute Gasteiger partial charge is 0.465 e. The molecule has 0 aliphatic rings. The molecule has 6 nitrogen and oxygen atoms in total. The summed E-state index contributed by atoms with van der Waals surface area (Å²) in [7, 11) is 0. The summed E-state index contributed by atoms with van der Waals surface area (Å²) in [6.45, 7) is 3.49. The summed E-state index contributed by atoms with van der Waals surface area (Å²) in [5.74, 6) is -1.96. The highest BCUT2D eigenvalue weighted by molar-refractivity contribution is 5.79. The number of pyridine rings is 1. The third kappa shape index (κ3) is 4.38. The summed E-state index contributed by atoms with van der Waals surface area (Å²) in [5, 5.41) is 11.2. The van der Waals surface area contributed by atoms with Crippen LogP contribution in [0.25, 0.3) is 0 Å². The van der Waals surface area contributed by atoms with E-state index in [1.54, 1.807) is 31.3 Å². The van der Waals surface area contributed by atoms with Crippen molar-refractivity contribution in [2.24, 2.45) is 0 Å². The Balaban J connectivity index is 2.49. The number of nitro groups is 1. The predicted octanol–water partition coefficient (Wildman–Crippen LogP) is 3.10. The molecule has 0 spiro atoms. The molecular weight excluding hydrogens is 308 g/mol. The third-order valence-corrected chi connectivity index (χ3v) is 3.80. The monoisotopic (exact) mass is 328 g/mol. The maximum absolute atomic E-state index is 12.5. The number of nitrogens with zero attached hydrogens (tertiary/aromatic N) is 2. The van der Waals surface area contributed by atoms with E-state index in [1.807, 2.05) is 31.2 Å². The molecule has 2 aromatic rings. The van der Waals surface area contributed by atoms with Crippen LogP contribution in [0, 0.1) is 17.0 Å². The zero-order valence-electron chi connectivity index (χ0n) is 13.7. The highest BCUT2D eigenvalue weighted by Gasteiger charge is 2.36. The van der Waals surface area contributed by atoms with Crippen molar-refractivity contribution in [3.05, 3.63) is 75.6 Å². The van der Waals surface area contributed by atoms with Gasteiger partial charge >= 0.3 is 5.97 Å². The van der Waals surface area contributed by atoms with Gasteiger partial charge in [-0.2, -0.15) is 0 Å². The lowest BCUT2D eigenvalue weighted by molar-refractivity contribution is -0.483. The van der Waals surface area contributed by atoms with Gasteiger partial charge in [-0.15, -0.1) is 0 Å². The summed E-state index contributed by atoms with van der Waals surface area (Å²) in [5.41, 5.74) is 2.24. The Labute approximate surface area is 140 Å². The summed E-state index contributed by atoms with van der Waals surface area (Å²) in [6.07, 6.45) is 1.57. The first-order valence-electron chi connectivity index (χ1n) is 7.78. The second-order valence-corrected chi connectivity index (χ2v) is 5.52. The van der Waals surface area contributed by atoms with E-state index in [0.29, 0.717) is 5.69 Å². The number of aryl methyl sites for hydroxylation is 1. The van der Waals surface area contributed by atoms with Gasteiger partial charge in [0.05, 0.1) is 18.2 Å². The first kappa shape index (κ1) is 17.6. The average Bonchev–Trinajstić information content (AvgIpc) is 2.56. The number of esters is 1. The maximum atomic E-state index is 12.5. The van der Waals surface area contributed by atoms with E-state index < -0.39 is 22.7 Å². The molecule has 0 fully saturated rings. The number of rotatable bonds is 7. The van der Waals surface area contributed by atoms with Crippen LogP contribution in [0.1, 0.15) is 35.6 Å². The Kier molecular flexibility index (Phi) is 6.01. The normalized spacial score (nSPS) is 13.1. The topological polar surface area (TPSA) is 82.3 Å². The Morgan fingerprint density at radius 1 is 1.25 bits per heavy atom. The van der Waals surface area contributed by atoms with Gasteiger partial charge in [0.2, 0.25) is 6.54 Å². The molecule has 1 aromatic heterocycles. The van der Waals surface area contributed by atoms with Crippen LogP contribution in [0.5, 0.6) is 0 Å². The molecule has 2 atom stereocenters. The predicted molar refractivity (Wildman–Crippen MR) is 89.4 cm³/mol. The molecule has 2 rings (SSSR count). The summed E-state index contributed by atoms with van der Waals surface area (Å²) >= 11 is 0. The van der Waals surface area contributed by atoms with Crippen LogP contribution in [0.4, 0.5) is 0 Å². The second-order valence-electron chi connectivity index (χ2n) is 5.52. The smallest absolute Gasteiger partial charge is 0.315 e. The SMILES string of the molecule is CCOC(=O)C(c1ccccn1)[C@@H](C[N+](=O)[O-])c1ccc(C)cc1. The fourth-order valence-electron chi connectivity index (χ4n) is 2.66. The molecule has 1 heterocycles. The minimum Gasteiger partial charge on any atom is -0.465 e. The van der Waals surface area contributed by atoms with Gasteiger partial charge in [-0.1, -0.05) is 35.9 Å². The summed E-state index contributed by atoms with van der Waals surface area (Å²) in [6, 6.07) is 12.6. The fourth-order valence-corrected chi connectivity index (χ4v) is 2.66. The fraction of sp³-hybridized carbons (Fsp3) is 0.333. The minimum absolute atomic E-state index is 0.210. The number of hydrogen-bond donors (Lipinski definition) is 0. The Hall–Kier alpha value is -2.76. The molecule has 6 heteroatoms. The van der Waals surface area contributed by atoms with Crippen molar-refractivity contribution < 1.29 is 14.5 Å². The molecule has 0 bridgehead atoms. The van der Waals surface area contributed by atoms with Crippen molar-refractivity contribution in [2.75, 3.05) is 13.2 Å². The van der Waals surface area contributed by atoms with Gasteiger partial charge in [0.25, 0.3) is 0 Å². The molecule has 0 aliphatic heterocycles. The van der Waals surface area contributed by atoms with Gasteiger partial charge < -0.3 is 4.74 Å². The van der Waals surface area contributed by atoms with E-state index in [9.17, 15) is 14.9 Å². The van der Waals surface area contributed by atoms with Crippen LogP contribution in [-0.2, 0) is 9.53 Å². The van der Waals surface area contributed by atoms with Gasteiger partial charge in [-0.25, -0.2) is 0 Å². The molecule has 0 amide bonds. The lowest BCUT2D eigenvalue weighted by Crippen LogP contribution is -2.28. The van der Waals surface area contributed by atoms with Gasteiger partial charge in [0, 0.05) is 11.1 Å². The zero-order valence-corrected chi connectivity index (χ0v) is 13.7. The zero-order chi connectivity index (χ0) is 17.5. The van der Waals surface area contributed by atoms with Crippen molar-refractivity contribution >= 4 is 5.97 Å². The van der Waals surface area contributed by atoms with Crippen LogP contribution in [0.3, 0.4) is 0 Å². The first-order chi connectivity index (χ1) is 11.5. The Morgan fingerprint density at radius 3 is 2.50 bits per heavy atom. The number of carbonyl (C=O) groups is 1. The van der Waals surface area contributed by atoms with Crippen molar-refractivity contribution in [1.82, 2.24) is 4.98 Å². The van der Waals surface area contributed by atoms with Crippen LogP contribution >= 0.6 is 0 Å². The molecule has 1 aromatic carbocycles. The van der Waals surface area contributed by atoms with E-state index in [-0.39, 0.29) is 13.2 Å². The van der Waals surface area contributed by atoms with Gasteiger partial charge in [0.1, 0.15) is 5.92 Å². The number of aromatic nitrogens is 1. The van der Waals surface area contributed by atoms with Gasteiger partial charge in [0.15, 0.2) is 0 Å². The second kappa shape index (κ2) is 8.19. The van der Waals surface area contributed by atoms with Gasteiger partial charge in [-0.3, -0.25) is 19.9 Å². The van der Waals surface area contributed by atoms with Crippen LogP contribution in [0.2, 0.25) is 0 Å². The van der Waals surface area contributed by atoms with E-state index in [1.165, 1.54) is 0 Å². The third-order valence-electron chi connectivity index (χ3n) is 3.80. The average molecular weight is 328 g/mol. The minimum atomic E-state index is -0.820. The van der Waals surface area contributed by atoms with Crippen LogP contribution in [-0.4, -0.2) is 29.0 Å². The standard InChI is InChI=1S/C18H20N2O4/c1-3-24-18(21)17(16-6-4-5-11-19-16)15(12-20(22)23)14-9-7-13(2)8-10-14/h4-11,15,17H,3,12H2,1-2H3/t15-,17?/m0/s1. The highest BCUT2D eigenvalue weighted by atomic mass is 16.6. The maximum Gasteiger partial charge on any atom is 0.315 e. The molecule has 1 unspecified atom stereocenters. The van der Waals surface area contributed by atoms with Gasteiger partial charge in [-0.05, 0) is 31.5 Å². The number of ether oxygens (including phenoxy) is 1. The molecule has 0 N–H and O–H groups in total. The number of benzene rings is 1. The van der Waals surface area contributed by atoms with E-state index in [0.717, 1.165) is 11.1 Å². The van der Waals surface area contributed by atoms with E-state index >= 15 is 0 Å². The highest BCUT2D eigenvalue weighted by Crippen LogP contribution is 2.33. The van der Waals surface area contributed by atoms with E-state index in [2.05, 4.69) is 4.98 Å². The molecular formula is C18H20N2O4. The van der Waals surface area contributed by atoms with Crippen LogP contribution in [0.15, 0.2) is 48.7 Å². The lowest BCUT2D eigenvalue weighted by Gasteiger charge is -2.23. The quantitative estimate of drug-likeness (QED) is 0.443. The number of hydrogen-bond acceptors (Lipinski definition) is 5. The molecule has 0 aliphatic carbocycles. The summed E-state index contributed by atoms with van der Waals surface area (Å²) < 4.78 is 5.16. The molecule has 0 radical (unpaired) electrons. The molecule has 0 saturated carbocycles. The molecule has 24 heavy (non-hydrogen) atoms. The van der Waals surface area contributed by atoms with Crippen LogP contribution < -0.4 is 0 Å². The molecule has 126 valence electrons. The number of carbonyl (C=O) groups excluding carboxylic acids is 1. The summed E-state index contributed by atoms with van der Waals surface area (Å²) in [4.78, 5) is 27.5. The van der Waals surface area contributed by atoms with Crippen molar-refractivity contribution in [1.29, 1.82) is 0 Å². The van der Waals surface area contributed by atoms with E-state index in [4.69, 9.17) is 4.74 Å². The molecule has 0 saturated heterocycles. The Morgan fingerprint density at radius 2 is 1.96 bits per heavy atom. The first-order valence-corrected chi connectivity index (χ1v) is 7.78.